The summed E-state index contributed by atoms with van der Waals surface area (Å²) in [5.74, 6) is 1.13. The van der Waals surface area contributed by atoms with E-state index in [1.165, 1.54) is 0 Å². The third kappa shape index (κ3) is 6.20. The summed E-state index contributed by atoms with van der Waals surface area (Å²) in [6.45, 7) is 0. The summed E-state index contributed by atoms with van der Waals surface area (Å²) in [6.07, 6.45) is 7.81. The van der Waals surface area contributed by atoms with E-state index in [0.717, 1.165) is 33.0 Å². The van der Waals surface area contributed by atoms with Crippen LogP contribution in [0.5, 0.6) is 28.7 Å². The normalized spacial score (nSPS) is 14.5. The van der Waals surface area contributed by atoms with Gasteiger partial charge in [0.15, 0.2) is 0 Å². The van der Waals surface area contributed by atoms with E-state index in [9.17, 15) is 30.6 Å². The van der Waals surface area contributed by atoms with Gasteiger partial charge in [-0.05, 0) is 118 Å². The Hall–Kier alpha value is -5.36. The number of allylic oxidation sites excluding steroid dienone is 3. The molecule has 6 rings (SSSR count). The Labute approximate surface area is 255 Å². The van der Waals surface area contributed by atoms with Gasteiger partial charge in [-0.25, -0.2) is 0 Å². The largest absolute Gasteiger partial charge is 0.508 e. The average molecular weight is 587 g/mol. The van der Waals surface area contributed by atoms with E-state index in [0.29, 0.717) is 48.8 Å². The van der Waals surface area contributed by atoms with Crippen molar-refractivity contribution < 1.29 is 30.6 Å². The van der Waals surface area contributed by atoms with Gasteiger partial charge in [-0.3, -0.25) is 0 Å². The number of hydrogen-bond acceptors (Lipinski definition) is 6. The molecule has 0 aliphatic heterocycles. The minimum Gasteiger partial charge on any atom is -0.508 e. The van der Waals surface area contributed by atoms with Gasteiger partial charge >= 0.3 is 0 Å². The molecule has 5 aromatic rings. The number of rotatable bonds is 8. The maximum absolute atomic E-state index is 11.8. The number of phenols is 5. The molecule has 44 heavy (non-hydrogen) atoms. The molecule has 1 aliphatic rings. The molecule has 0 bridgehead atoms. The highest BCUT2D eigenvalue weighted by atomic mass is 16.3. The lowest BCUT2D eigenvalue weighted by molar-refractivity contribution is 0.419. The molecular weight excluding hydrogens is 552 g/mol. The molecule has 6 heteroatoms. The molecule has 0 radical (unpaired) electrons. The minimum atomic E-state index is 0.0545. The van der Waals surface area contributed by atoms with Crippen molar-refractivity contribution in [2.24, 2.45) is 5.92 Å². The first-order chi connectivity index (χ1) is 21.2. The first kappa shape index (κ1) is 28.7. The van der Waals surface area contributed by atoms with Crippen LogP contribution in [0.25, 0.3) is 10.8 Å². The zero-order valence-corrected chi connectivity index (χ0v) is 24.1. The summed E-state index contributed by atoms with van der Waals surface area (Å²) in [6, 6.07) is 24.6. The summed E-state index contributed by atoms with van der Waals surface area (Å²) in [5, 5.41) is 64.7. The molecular formula is C38H34O6. The van der Waals surface area contributed by atoms with Crippen molar-refractivity contribution >= 4 is 10.8 Å². The molecule has 222 valence electrons. The molecule has 5 aromatic carbocycles. The molecule has 0 fully saturated rings. The standard InChI is InChI=1S/C38H34O6/c39-29-9-1-23(2-10-29)17-27-21-33-34(35(37(27)43)19-25-5-13-31(41)14-6-25)22-28(18-24-3-11-30(40)12-4-24)38(44)36(33)20-26-7-15-32(42)16-8-26/h1-7,9-16,21-22,26,39-44H,8,17-20H2/t26-/m0/s1. The molecule has 0 aromatic heterocycles. The van der Waals surface area contributed by atoms with Crippen molar-refractivity contribution in [3.8, 4) is 28.7 Å². The van der Waals surface area contributed by atoms with Crippen LogP contribution in [0.4, 0.5) is 0 Å². The molecule has 0 amide bonds. The van der Waals surface area contributed by atoms with E-state index in [4.69, 9.17) is 0 Å². The fourth-order valence-corrected chi connectivity index (χ4v) is 5.99. The topological polar surface area (TPSA) is 121 Å². The second-order valence-electron chi connectivity index (χ2n) is 11.5. The zero-order valence-electron chi connectivity index (χ0n) is 24.1. The zero-order chi connectivity index (χ0) is 30.8. The molecule has 0 spiro atoms. The Morgan fingerprint density at radius 3 is 1.41 bits per heavy atom. The summed E-state index contributed by atoms with van der Waals surface area (Å²) in [4.78, 5) is 0. The third-order valence-electron chi connectivity index (χ3n) is 8.37. The number of phenolic OH excluding ortho intramolecular Hbond substituents is 5. The first-order valence-corrected chi connectivity index (χ1v) is 14.7. The predicted molar refractivity (Wildman–Crippen MR) is 172 cm³/mol. The molecule has 0 saturated heterocycles. The fraction of sp³-hybridized carbons (Fsp3) is 0.158. The lowest BCUT2D eigenvalue weighted by Crippen LogP contribution is -2.07. The van der Waals surface area contributed by atoms with E-state index >= 15 is 0 Å². The van der Waals surface area contributed by atoms with Crippen LogP contribution in [0.15, 0.2) is 109 Å². The van der Waals surface area contributed by atoms with Gasteiger partial charge in [-0.15, -0.1) is 0 Å². The molecule has 1 atom stereocenters. The van der Waals surface area contributed by atoms with E-state index in [1.807, 2.05) is 54.6 Å². The summed E-state index contributed by atoms with van der Waals surface area (Å²) in [7, 11) is 0. The molecule has 0 heterocycles. The fourth-order valence-electron chi connectivity index (χ4n) is 5.99. The van der Waals surface area contributed by atoms with Crippen LogP contribution in [0.1, 0.15) is 45.4 Å². The highest BCUT2D eigenvalue weighted by Gasteiger charge is 2.23. The number of benzene rings is 5. The summed E-state index contributed by atoms with van der Waals surface area (Å²) < 4.78 is 0. The van der Waals surface area contributed by atoms with Gasteiger partial charge < -0.3 is 30.6 Å². The van der Waals surface area contributed by atoms with Gasteiger partial charge in [0, 0.05) is 30.4 Å². The van der Waals surface area contributed by atoms with Gasteiger partial charge in [0.1, 0.15) is 34.5 Å². The highest BCUT2D eigenvalue weighted by molar-refractivity contribution is 5.94. The van der Waals surface area contributed by atoms with Gasteiger partial charge in [-0.2, -0.15) is 0 Å². The van der Waals surface area contributed by atoms with Crippen molar-refractivity contribution in [1.82, 2.24) is 0 Å². The Kier molecular flexibility index (Phi) is 7.90. The summed E-state index contributed by atoms with van der Waals surface area (Å²) >= 11 is 0. The smallest absolute Gasteiger partial charge is 0.123 e. The molecule has 6 nitrogen and oxygen atoms in total. The van der Waals surface area contributed by atoms with E-state index in [1.54, 1.807) is 48.6 Å². The van der Waals surface area contributed by atoms with Crippen molar-refractivity contribution in [2.75, 3.05) is 0 Å². The Balaban J connectivity index is 1.55. The predicted octanol–water partition coefficient (Wildman–Crippen LogP) is 7.70. The van der Waals surface area contributed by atoms with Gasteiger partial charge in [0.25, 0.3) is 0 Å². The van der Waals surface area contributed by atoms with Crippen molar-refractivity contribution in [3.63, 3.8) is 0 Å². The monoisotopic (exact) mass is 586 g/mol. The van der Waals surface area contributed by atoms with Crippen molar-refractivity contribution in [2.45, 2.75) is 32.1 Å². The lowest BCUT2D eigenvalue weighted by atomic mass is 9.84. The average Bonchev–Trinajstić information content (AvgIpc) is 3.02. The maximum Gasteiger partial charge on any atom is 0.123 e. The Bertz CT molecular complexity index is 1870. The van der Waals surface area contributed by atoms with Gasteiger partial charge in [0.05, 0.1) is 0 Å². The minimum absolute atomic E-state index is 0.0545. The van der Waals surface area contributed by atoms with Crippen LogP contribution >= 0.6 is 0 Å². The summed E-state index contributed by atoms with van der Waals surface area (Å²) in [5.41, 5.74) is 5.62. The number of aromatic hydroxyl groups is 5. The third-order valence-corrected chi connectivity index (χ3v) is 8.37. The molecule has 0 unspecified atom stereocenters. The SMILES string of the molecule is OC1=CC[C@@H](Cc2c(O)c(Cc3ccc(O)cc3)cc3c(Cc4ccc(O)cc4)c(O)c(Cc4ccc(O)cc4)cc23)C=C1. The van der Waals surface area contributed by atoms with Gasteiger partial charge in [0.2, 0.25) is 0 Å². The first-order valence-electron chi connectivity index (χ1n) is 14.7. The number of hydrogen-bond donors (Lipinski definition) is 6. The van der Waals surface area contributed by atoms with Crippen molar-refractivity contribution in [1.29, 1.82) is 0 Å². The highest BCUT2D eigenvalue weighted by Crippen LogP contribution is 2.42. The number of fused-ring (bicyclic) bond motifs is 1. The maximum atomic E-state index is 11.8. The Morgan fingerprint density at radius 2 is 0.955 bits per heavy atom. The number of aliphatic hydroxyl groups is 1. The Morgan fingerprint density at radius 1 is 0.523 bits per heavy atom. The van der Waals surface area contributed by atoms with Crippen LogP contribution in [-0.4, -0.2) is 30.6 Å². The van der Waals surface area contributed by atoms with Crippen LogP contribution in [0.3, 0.4) is 0 Å². The van der Waals surface area contributed by atoms with E-state index in [2.05, 4.69) is 0 Å². The van der Waals surface area contributed by atoms with Crippen molar-refractivity contribution in [3.05, 3.63) is 148 Å². The second kappa shape index (κ2) is 12.1. The van der Waals surface area contributed by atoms with Crippen LogP contribution in [0.2, 0.25) is 0 Å². The van der Waals surface area contributed by atoms with Crippen LogP contribution in [-0.2, 0) is 25.7 Å². The number of aliphatic hydroxyl groups excluding tert-OH is 1. The van der Waals surface area contributed by atoms with Crippen LogP contribution in [0, 0.1) is 5.92 Å². The quantitative estimate of drug-likeness (QED) is 0.111. The molecule has 0 saturated carbocycles. The second-order valence-corrected chi connectivity index (χ2v) is 11.5. The van der Waals surface area contributed by atoms with E-state index < -0.39 is 0 Å². The van der Waals surface area contributed by atoms with E-state index in [-0.39, 0.29) is 40.4 Å². The van der Waals surface area contributed by atoms with Crippen LogP contribution < -0.4 is 0 Å². The lowest BCUT2D eigenvalue weighted by Gasteiger charge is -2.22. The molecule has 6 N–H and O–H groups in total. The molecule has 1 aliphatic carbocycles. The van der Waals surface area contributed by atoms with Gasteiger partial charge in [-0.1, -0.05) is 42.5 Å².